The molecule has 1 aromatic rings. The van der Waals surface area contributed by atoms with Gasteiger partial charge in [0.1, 0.15) is 17.3 Å². The fourth-order valence-corrected chi connectivity index (χ4v) is 3.49. The third kappa shape index (κ3) is 2.92. The van der Waals surface area contributed by atoms with Crippen molar-refractivity contribution >= 4 is 11.6 Å². The molecule has 1 aliphatic heterocycles. The van der Waals surface area contributed by atoms with Crippen LogP contribution in [-0.2, 0) is 4.79 Å². The molecule has 1 heterocycles. The number of nitrogens with two attached hydrogens (primary N) is 1. The van der Waals surface area contributed by atoms with Gasteiger partial charge in [-0.3, -0.25) is 4.79 Å². The first-order valence-electron chi connectivity index (χ1n) is 7.81. The van der Waals surface area contributed by atoms with E-state index in [0.29, 0.717) is 19.5 Å². The summed E-state index contributed by atoms with van der Waals surface area (Å²) in [5.74, 6) is -1.28. The molecule has 3 N–H and O–H groups in total. The Balaban J connectivity index is 1.62. The van der Waals surface area contributed by atoms with Crippen molar-refractivity contribution in [1.82, 2.24) is 5.32 Å². The van der Waals surface area contributed by atoms with Gasteiger partial charge in [-0.05, 0) is 31.4 Å². The Kier molecular flexibility index (Phi) is 4.29. The summed E-state index contributed by atoms with van der Waals surface area (Å²) in [5.41, 5.74) is 5.94. The van der Waals surface area contributed by atoms with E-state index in [1.165, 1.54) is 18.2 Å². The van der Waals surface area contributed by atoms with Gasteiger partial charge < -0.3 is 16.0 Å². The summed E-state index contributed by atoms with van der Waals surface area (Å²) in [5, 5.41) is 2.98. The van der Waals surface area contributed by atoms with Crippen molar-refractivity contribution in [2.45, 2.75) is 37.8 Å². The van der Waals surface area contributed by atoms with Crippen LogP contribution >= 0.6 is 0 Å². The summed E-state index contributed by atoms with van der Waals surface area (Å²) in [6.45, 7) is 0.949. The highest BCUT2D eigenvalue weighted by Crippen LogP contribution is 2.28. The van der Waals surface area contributed by atoms with Crippen LogP contribution in [0.1, 0.15) is 25.7 Å². The van der Waals surface area contributed by atoms with Gasteiger partial charge in [-0.2, -0.15) is 0 Å². The SMILES string of the molecule is N[C@@H]1CCC[C@@H]1C(=O)N[C@H]1CCN(c2c(F)cccc2F)C1. The predicted octanol–water partition coefficient (Wildman–Crippen LogP) is 1.79. The molecule has 6 heteroatoms. The number of anilines is 1. The lowest BCUT2D eigenvalue weighted by molar-refractivity contribution is -0.125. The molecule has 0 bridgehead atoms. The van der Waals surface area contributed by atoms with E-state index in [-0.39, 0.29) is 29.6 Å². The lowest BCUT2D eigenvalue weighted by atomic mass is 10.0. The quantitative estimate of drug-likeness (QED) is 0.895. The molecule has 0 radical (unpaired) electrons. The van der Waals surface area contributed by atoms with Crippen LogP contribution in [0.5, 0.6) is 0 Å². The Morgan fingerprint density at radius 2 is 1.95 bits per heavy atom. The first-order valence-corrected chi connectivity index (χ1v) is 7.81. The highest BCUT2D eigenvalue weighted by Gasteiger charge is 2.33. The topological polar surface area (TPSA) is 58.4 Å². The standard InChI is InChI=1S/C16H21F2N3O/c17-12-4-2-5-13(18)15(12)21-8-7-10(9-21)20-16(22)11-3-1-6-14(11)19/h2,4-5,10-11,14H,1,3,6-9,19H2,(H,20,22)/t10-,11-,14+/m0/s1. The molecule has 1 aromatic carbocycles. The van der Waals surface area contributed by atoms with Gasteiger partial charge in [-0.1, -0.05) is 12.5 Å². The molecule has 120 valence electrons. The van der Waals surface area contributed by atoms with E-state index in [1.54, 1.807) is 4.90 Å². The molecule has 3 atom stereocenters. The van der Waals surface area contributed by atoms with Crippen molar-refractivity contribution in [3.05, 3.63) is 29.8 Å². The first kappa shape index (κ1) is 15.2. The van der Waals surface area contributed by atoms with E-state index < -0.39 is 11.6 Å². The van der Waals surface area contributed by atoms with E-state index in [4.69, 9.17) is 5.73 Å². The van der Waals surface area contributed by atoms with Crippen LogP contribution in [-0.4, -0.2) is 31.1 Å². The smallest absolute Gasteiger partial charge is 0.224 e. The molecule has 1 saturated heterocycles. The van der Waals surface area contributed by atoms with Gasteiger partial charge in [0.15, 0.2) is 0 Å². The number of rotatable bonds is 3. The maximum atomic E-state index is 13.8. The number of para-hydroxylation sites is 1. The number of benzene rings is 1. The van der Waals surface area contributed by atoms with Gasteiger partial charge in [-0.15, -0.1) is 0 Å². The van der Waals surface area contributed by atoms with Crippen molar-refractivity contribution in [2.24, 2.45) is 11.7 Å². The number of nitrogens with zero attached hydrogens (tertiary/aromatic N) is 1. The summed E-state index contributed by atoms with van der Waals surface area (Å²) in [4.78, 5) is 13.9. The minimum Gasteiger partial charge on any atom is -0.365 e. The number of halogens is 2. The van der Waals surface area contributed by atoms with Crippen molar-refractivity contribution in [2.75, 3.05) is 18.0 Å². The Labute approximate surface area is 128 Å². The zero-order chi connectivity index (χ0) is 15.7. The Hall–Kier alpha value is -1.69. The van der Waals surface area contributed by atoms with Gasteiger partial charge in [0.25, 0.3) is 0 Å². The molecule has 0 unspecified atom stereocenters. The van der Waals surface area contributed by atoms with Crippen LogP contribution in [0.2, 0.25) is 0 Å². The Morgan fingerprint density at radius 3 is 2.59 bits per heavy atom. The molecule has 1 aliphatic carbocycles. The number of hydrogen-bond donors (Lipinski definition) is 2. The third-order valence-corrected chi connectivity index (χ3v) is 4.69. The van der Waals surface area contributed by atoms with Crippen molar-refractivity contribution < 1.29 is 13.6 Å². The lowest BCUT2D eigenvalue weighted by Gasteiger charge is -2.21. The van der Waals surface area contributed by atoms with E-state index in [2.05, 4.69) is 5.32 Å². The molecule has 0 spiro atoms. The zero-order valence-corrected chi connectivity index (χ0v) is 12.4. The predicted molar refractivity (Wildman–Crippen MR) is 80.4 cm³/mol. The van der Waals surface area contributed by atoms with Gasteiger partial charge in [-0.25, -0.2) is 8.78 Å². The lowest BCUT2D eigenvalue weighted by Crippen LogP contribution is -2.44. The molecule has 0 aromatic heterocycles. The molecule has 22 heavy (non-hydrogen) atoms. The van der Waals surface area contributed by atoms with E-state index in [1.807, 2.05) is 0 Å². The minimum absolute atomic E-state index is 0.00295. The van der Waals surface area contributed by atoms with E-state index in [9.17, 15) is 13.6 Å². The summed E-state index contributed by atoms with van der Waals surface area (Å²) >= 11 is 0. The second kappa shape index (κ2) is 6.20. The molecular weight excluding hydrogens is 288 g/mol. The number of amides is 1. The fraction of sp³-hybridized carbons (Fsp3) is 0.562. The fourth-order valence-electron chi connectivity index (χ4n) is 3.49. The van der Waals surface area contributed by atoms with Gasteiger partial charge in [0.05, 0.1) is 5.92 Å². The van der Waals surface area contributed by atoms with Crippen LogP contribution < -0.4 is 16.0 Å². The van der Waals surface area contributed by atoms with Crippen molar-refractivity contribution in [3.8, 4) is 0 Å². The molecule has 1 amide bonds. The van der Waals surface area contributed by atoms with Crippen LogP contribution in [0.3, 0.4) is 0 Å². The molecule has 2 fully saturated rings. The highest BCUT2D eigenvalue weighted by molar-refractivity contribution is 5.80. The summed E-state index contributed by atoms with van der Waals surface area (Å²) < 4.78 is 27.6. The van der Waals surface area contributed by atoms with E-state index in [0.717, 1.165) is 19.3 Å². The van der Waals surface area contributed by atoms with Crippen molar-refractivity contribution in [1.29, 1.82) is 0 Å². The van der Waals surface area contributed by atoms with Crippen LogP contribution in [0.15, 0.2) is 18.2 Å². The van der Waals surface area contributed by atoms with Crippen LogP contribution in [0.25, 0.3) is 0 Å². The maximum absolute atomic E-state index is 13.8. The Morgan fingerprint density at radius 1 is 1.23 bits per heavy atom. The number of carbonyl (C=O) groups excluding carboxylic acids is 1. The average molecular weight is 309 g/mol. The zero-order valence-electron chi connectivity index (χ0n) is 12.4. The van der Waals surface area contributed by atoms with Crippen molar-refractivity contribution in [3.63, 3.8) is 0 Å². The van der Waals surface area contributed by atoms with Crippen LogP contribution in [0.4, 0.5) is 14.5 Å². The molecule has 4 nitrogen and oxygen atoms in total. The second-order valence-electron chi connectivity index (χ2n) is 6.21. The summed E-state index contributed by atoms with van der Waals surface area (Å²) in [6, 6.07) is 3.70. The Bertz CT molecular complexity index is 546. The molecule has 3 rings (SSSR count). The molecule has 2 aliphatic rings. The largest absolute Gasteiger partial charge is 0.365 e. The summed E-state index contributed by atoms with van der Waals surface area (Å²) in [6.07, 6.45) is 3.37. The van der Waals surface area contributed by atoms with Gasteiger partial charge >= 0.3 is 0 Å². The van der Waals surface area contributed by atoms with E-state index >= 15 is 0 Å². The first-order chi connectivity index (χ1) is 10.6. The van der Waals surface area contributed by atoms with Crippen LogP contribution in [0, 0.1) is 17.6 Å². The van der Waals surface area contributed by atoms with Gasteiger partial charge in [0, 0.05) is 25.2 Å². The number of nitrogens with one attached hydrogen (secondary N) is 1. The monoisotopic (exact) mass is 309 g/mol. The number of hydrogen-bond acceptors (Lipinski definition) is 3. The second-order valence-corrected chi connectivity index (χ2v) is 6.21. The molecular formula is C16H21F2N3O. The van der Waals surface area contributed by atoms with Gasteiger partial charge in [0.2, 0.25) is 5.91 Å². The third-order valence-electron chi connectivity index (χ3n) is 4.69. The summed E-state index contributed by atoms with van der Waals surface area (Å²) in [7, 11) is 0. The minimum atomic E-state index is -0.565. The highest BCUT2D eigenvalue weighted by atomic mass is 19.1. The average Bonchev–Trinajstić information content (AvgIpc) is 3.08. The normalized spacial score (nSPS) is 28.1. The molecule has 1 saturated carbocycles. The number of carbonyl (C=O) groups is 1. The maximum Gasteiger partial charge on any atom is 0.224 e.